The van der Waals surface area contributed by atoms with Crippen molar-refractivity contribution in [3.05, 3.63) is 65.9 Å². The Labute approximate surface area is 188 Å². The maximum absolute atomic E-state index is 12.8. The Hall–Kier alpha value is -3.32. The molecule has 1 aliphatic heterocycles. The van der Waals surface area contributed by atoms with Gasteiger partial charge in [0.2, 0.25) is 0 Å². The van der Waals surface area contributed by atoms with Gasteiger partial charge in [0, 0.05) is 18.2 Å². The summed E-state index contributed by atoms with van der Waals surface area (Å²) in [6, 6.07) is 17.3. The summed E-state index contributed by atoms with van der Waals surface area (Å²) in [7, 11) is 3.28. The van der Waals surface area contributed by atoms with Gasteiger partial charge in [0.15, 0.2) is 11.5 Å². The van der Waals surface area contributed by atoms with E-state index in [1.165, 1.54) is 19.3 Å². The molecule has 1 aromatic heterocycles. The summed E-state index contributed by atoms with van der Waals surface area (Å²) in [5.41, 5.74) is 2.26. The maximum atomic E-state index is 12.8. The van der Waals surface area contributed by atoms with Crippen LogP contribution >= 0.6 is 0 Å². The summed E-state index contributed by atoms with van der Waals surface area (Å²) in [5.74, 6) is 1.88. The molecule has 1 aliphatic rings. The molecule has 1 saturated heterocycles. The molecule has 2 heterocycles. The van der Waals surface area contributed by atoms with E-state index in [9.17, 15) is 4.79 Å². The first-order valence-electron chi connectivity index (χ1n) is 11.0. The molecule has 3 aromatic rings. The lowest BCUT2D eigenvalue weighted by molar-refractivity contribution is 0.0915. The van der Waals surface area contributed by atoms with Crippen LogP contribution in [0.1, 0.15) is 41.4 Å². The van der Waals surface area contributed by atoms with Gasteiger partial charge in [-0.15, -0.1) is 0 Å². The Morgan fingerprint density at radius 1 is 1.00 bits per heavy atom. The topological polar surface area (TPSA) is 76.8 Å². The SMILES string of the molecule is COc1ccc(-c2cc(C(=O)NCC(c3ccc(OC)cc3)N3CCCCC3)no2)cc1. The average Bonchev–Trinajstić information content (AvgIpc) is 3.36. The van der Waals surface area contributed by atoms with E-state index < -0.39 is 0 Å². The standard InChI is InChI=1S/C25H29N3O4/c1-30-20-10-6-18(7-11-20)23(28-14-4-3-5-15-28)17-26-25(29)22-16-24(32-27-22)19-8-12-21(31-2)13-9-19/h6-13,16,23H,3-5,14-15,17H2,1-2H3,(H,26,29). The van der Waals surface area contributed by atoms with Gasteiger partial charge < -0.3 is 19.3 Å². The Balaban J connectivity index is 1.45. The lowest BCUT2D eigenvalue weighted by Gasteiger charge is -2.35. The second-order valence-corrected chi connectivity index (χ2v) is 7.90. The highest BCUT2D eigenvalue weighted by Gasteiger charge is 2.24. The Morgan fingerprint density at radius 2 is 1.62 bits per heavy atom. The van der Waals surface area contributed by atoms with Gasteiger partial charge in [-0.05, 0) is 67.9 Å². The van der Waals surface area contributed by atoms with Crippen LogP contribution in [-0.4, -0.2) is 49.8 Å². The number of carbonyl (C=O) groups is 1. The summed E-state index contributed by atoms with van der Waals surface area (Å²) in [4.78, 5) is 15.3. The third-order valence-electron chi connectivity index (χ3n) is 5.91. The van der Waals surface area contributed by atoms with Gasteiger partial charge >= 0.3 is 0 Å². The Bertz CT molecular complexity index is 1010. The smallest absolute Gasteiger partial charge is 0.273 e. The van der Waals surface area contributed by atoms with Crippen molar-refractivity contribution in [2.75, 3.05) is 33.9 Å². The summed E-state index contributed by atoms with van der Waals surface area (Å²) in [5, 5.41) is 7.02. The zero-order chi connectivity index (χ0) is 22.3. The Kier molecular flexibility index (Phi) is 7.07. The predicted molar refractivity (Wildman–Crippen MR) is 122 cm³/mol. The second-order valence-electron chi connectivity index (χ2n) is 7.90. The van der Waals surface area contributed by atoms with Crippen molar-refractivity contribution in [3.8, 4) is 22.8 Å². The highest BCUT2D eigenvalue weighted by Crippen LogP contribution is 2.26. The molecule has 1 N–H and O–H groups in total. The number of hydrogen-bond donors (Lipinski definition) is 1. The van der Waals surface area contributed by atoms with Crippen LogP contribution in [0.4, 0.5) is 0 Å². The molecule has 2 aromatic carbocycles. The normalized spacial score (nSPS) is 15.2. The van der Waals surface area contributed by atoms with Crippen molar-refractivity contribution in [1.29, 1.82) is 0 Å². The number of piperidine rings is 1. The highest BCUT2D eigenvalue weighted by atomic mass is 16.5. The van der Waals surface area contributed by atoms with Crippen LogP contribution < -0.4 is 14.8 Å². The van der Waals surface area contributed by atoms with E-state index in [2.05, 4.69) is 27.5 Å². The summed E-state index contributed by atoms with van der Waals surface area (Å²) >= 11 is 0. The van der Waals surface area contributed by atoms with Crippen molar-refractivity contribution in [2.24, 2.45) is 0 Å². The minimum atomic E-state index is -0.246. The Morgan fingerprint density at radius 3 is 2.25 bits per heavy atom. The molecule has 0 radical (unpaired) electrons. The lowest BCUT2D eigenvalue weighted by Crippen LogP contribution is -2.40. The molecule has 7 nitrogen and oxygen atoms in total. The molecular weight excluding hydrogens is 406 g/mol. The first-order chi connectivity index (χ1) is 15.7. The number of methoxy groups -OCH3 is 2. The number of ether oxygens (including phenoxy) is 2. The molecule has 168 valence electrons. The van der Waals surface area contributed by atoms with Gasteiger partial charge in [-0.3, -0.25) is 9.69 Å². The van der Waals surface area contributed by atoms with Crippen molar-refractivity contribution >= 4 is 5.91 Å². The van der Waals surface area contributed by atoms with Crippen LogP contribution in [0.15, 0.2) is 59.1 Å². The molecule has 1 atom stereocenters. The average molecular weight is 436 g/mol. The fraction of sp³-hybridized carbons (Fsp3) is 0.360. The number of nitrogens with zero attached hydrogens (tertiary/aromatic N) is 2. The summed E-state index contributed by atoms with van der Waals surface area (Å²) < 4.78 is 15.9. The van der Waals surface area contributed by atoms with Gasteiger partial charge in [0.1, 0.15) is 11.5 Å². The number of hydrogen-bond acceptors (Lipinski definition) is 6. The number of carbonyl (C=O) groups excluding carboxylic acids is 1. The molecular formula is C25H29N3O4. The van der Waals surface area contributed by atoms with E-state index in [1.54, 1.807) is 20.3 Å². The molecule has 7 heteroatoms. The predicted octanol–water partition coefficient (Wildman–Crippen LogP) is 4.32. The highest BCUT2D eigenvalue weighted by molar-refractivity contribution is 5.93. The third-order valence-corrected chi connectivity index (χ3v) is 5.91. The molecule has 1 fully saturated rings. The van der Waals surface area contributed by atoms with Crippen molar-refractivity contribution in [2.45, 2.75) is 25.3 Å². The first-order valence-corrected chi connectivity index (χ1v) is 11.0. The van der Waals surface area contributed by atoms with Crippen LogP contribution in [0.25, 0.3) is 11.3 Å². The van der Waals surface area contributed by atoms with E-state index in [-0.39, 0.29) is 17.6 Å². The molecule has 32 heavy (non-hydrogen) atoms. The number of nitrogens with one attached hydrogen (secondary N) is 1. The van der Waals surface area contributed by atoms with Crippen LogP contribution in [0, 0.1) is 0 Å². The van der Waals surface area contributed by atoms with Crippen LogP contribution in [0.5, 0.6) is 11.5 Å². The molecule has 0 aliphatic carbocycles. The van der Waals surface area contributed by atoms with Gasteiger partial charge in [-0.1, -0.05) is 23.7 Å². The number of amides is 1. The number of rotatable bonds is 8. The minimum Gasteiger partial charge on any atom is -0.497 e. The fourth-order valence-electron chi connectivity index (χ4n) is 4.07. The quantitative estimate of drug-likeness (QED) is 0.568. The van der Waals surface area contributed by atoms with E-state index in [4.69, 9.17) is 14.0 Å². The number of benzene rings is 2. The van der Waals surface area contributed by atoms with Crippen molar-refractivity contribution < 1.29 is 18.8 Å². The zero-order valence-corrected chi connectivity index (χ0v) is 18.5. The summed E-state index contributed by atoms with van der Waals surface area (Å²) in [6.07, 6.45) is 3.61. The molecule has 0 spiro atoms. The number of likely N-dealkylation sites (tertiary alicyclic amines) is 1. The molecule has 0 saturated carbocycles. The largest absolute Gasteiger partial charge is 0.497 e. The number of aromatic nitrogens is 1. The van der Waals surface area contributed by atoms with Gasteiger partial charge in [-0.2, -0.15) is 0 Å². The monoisotopic (exact) mass is 435 g/mol. The molecule has 0 bridgehead atoms. The van der Waals surface area contributed by atoms with Gasteiger partial charge in [0.25, 0.3) is 5.91 Å². The first kappa shape index (κ1) is 21.9. The lowest BCUT2D eigenvalue weighted by atomic mass is 10.0. The van der Waals surface area contributed by atoms with E-state index in [0.29, 0.717) is 12.3 Å². The van der Waals surface area contributed by atoms with Crippen molar-refractivity contribution in [3.63, 3.8) is 0 Å². The van der Waals surface area contributed by atoms with E-state index in [1.807, 2.05) is 36.4 Å². The second kappa shape index (κ2) is 10.3. The van der Waals surface area contributed by atoms with Crippen LogP contribution in [0.3, 0.4) is 0 Å². The fourth-order valence-corrected chi connectivity index (χ4v) is 4.07. The molecule has 4 rings (SSSR count). The maximum Gasteiger partial charge on any atom is 0.273 e. The van der Waals surface area contributed by atoms with Crippen LogP contribution in [-0.2, 0) is 0 Å². The van der Waals surface area contributed by atoms with Crippen LogP contribution in [0.2, 0.25) is 0 Å². The zero-order valence-electron chi connectivity index (χ0n) is 18.5. The van der Waals surface area contributed by atoms with E-state index in [0.717, 1.165) is 35.7 Å². The summed E-state index contributed by atoms with van der Waals surface area (Å²) in [6.45, 7) is 2.55. The van der Waals surface area contributed by atoms with E-state index >= 15 is 0 Å². The van der Waals surface area contributed by atoms with Gasteiger partial charge in [0.05, 0.1) is 20.3 Å². The van der Waals surface area contributed by atoms with Gasteiger partial charge in [-0.25, -0.2) is 0 Å². The third kappa shape index (κ3) is 5.11. The molecule has 1 unspecified atom stereocenters. The molecule has 1 amide bonds. The van der Waals surface area contributed by atoms with Crippen molar-refractivity contribution in [1.82, 2.24) is 15.4 Å². The minimum absolute atomic E-state index is 0.0955.